The van der Waals surface area contributed by atoms with Crippen molar-refractivity contribution in [1.29, 1.82) is 5.26 Å². The molecule has 5 rings (SSSR count). The normalized spacial score (nSPS) is 22.2. The van der Waals surface area contributed by atoms with Crippen LogP contribution in [0, 0.1) is 11.3 Å². The van der Waals surface area contributed by atoms with Gasteiger partial charge in [0.25, 0.3) is 0 Å². The molecule has 3 aliphatic rings. The predicted molar refractivity (Wildman–Crippen MR) is 128 cm³/mol. The summed E-state index contributed by atoms with van der Waals surface area (Å²) in [5, 5.41) is 12.8. The summed E-state index contributed by atoms with van der Waals surface area (Å²) in [7, 11) is -3.95. The lowest BCUT2D eigenvalue weighted by molar-refractivity contribution is -0.121. The Balaban J connectivity index is 1.81. The van der Waals surface area contributed by atoms with Gasteiger partial charge in [-0.2, -0.15) is 9.57 Å². The van der Waals surface area contributed by atoms with Crippen molar-refractivity contribution >= 4 is 33.2 Å². The maximum atomic E-state index is 13.7. The number of nitriles is 1. The summed E-state index contributed by atoms with van der Waals surface area (Å²) >= 11 is 0. The molecule has 3 N–H and O–H groups in total. The number of carbonyl (C=O) groups is 2. The van der Waals surface area contributed by atoms with Crippen molar-refractivity contribution in [3.63, 3.8) is 0 Å². The Kier molecular flexibility index (Phi) is 5.67. The fourth-order valence-electron chi connectivity index (χ4n) is 4.92. The Morgan fingerprint density at radius 1 is 1.17 bits per heavy atom. The number of ether oxygens (including phenoxy) is 2. The molecule has 0 aliphatic carbocycles. The number of nitrogens with zero attached hydrogens (tertiary/aromatic N) is 2. The highest BCUT2D eigenvalue weighted by molar-refractivity contribution is 7.89. The number of nitrogens with one attached hydrogen (secondary N) is 1. The zero-order valence-corrected chi connectivity index (χ0v) is 20.1. The fourth-order valence-corrected chi connectivity index (χ4v) is 6.36. The molecule has 1 saturated heterocycles. The van der Waals surface area contributed by atoms with Crippen molar-refractivity contribution in [3.8, 4) is 6.07 Å². The van der Waals surface area contributed by atoms with Crippen LogP contribution in [-0.4, -0.2) is 50.7 Å². The van der Waals surface area contributed by atoms with E-state index in [0.717, 1.165) is 0 Å². The van der Waals surface area contributed by atoms with Gasteiger partial charge in [-0.05, 0) is 25.1 Å². The standard InChI is InChI=1S/C25H22N4O6S/c1-15(30)21-22(16-5-3-2-4-6-16)35-23(27)19(14-26)25(21)18-13-17(7-8-20(18)28-24(25)31)36(32,33)29-9-11-34-12-10-29/h2-8,13H,9-12,27H2,1H3,(H,28,31). The third-order valence-electron chi connectivity index (χ3n) is 6.53. The molecule has 1 atom stereocenters. The van der Waals surface area contributed by atoms with Gasteiger partial charge in [-0.25, -0.2) is 8.42 Å². The molecule has 2 aromatic carbocycles. The molecular formula is C25H22N4O6S. The van der Waals surface area contributed by atoms with E-state index in [1.54, 1.807) is 30.3 Å². The van der Waals surface area contributed by atoms with E-state index < -0.39 is 27.1 Å². The van der Waals surface area contributed by atoms with Gasteiger partial charge in [0.05, 0.1) is 23.7 Å². The first-order valence-electron chi connectivity index (χ1n) is 11.2. The Morgan fingerprint density at radius 2 is 1.86 bits per heavy atom. The van der Waals surface area contributed by atoms with Gasteiger partial charge >= 0.3 is 0 Å². The summed E-state index contributed by atoms with van der Waals surface area (Å²) in [6.45, 7) is 2.16. The van der Waals surface area contributed by atoms with Crippen LogP contribution in [0.15, 0.2) is 70.5 Å². The molecule has 1 unspecified atom stereocenters. The lowest BCUT2D eigenvalue weighted by Crippen LogP contribution is -2.45. The van der Waals surface area contributed by atoms with Crippen molar-refractivity contribution in [3.05, 3.63) is 76.7 Å². The van der Waals surface area contributed by atoms with Crippen LogP contribution in [0.25, 0.3) is 5.76 Å². The molecule has 184 valence electrons. The molecule has 1 fully saturated rings. The molecule has 3 heterocycles. The minimum Gasteiger partial charge on any atom is -0.439 e. The first kappa shape index (κ1) is 23.7. The molecule has 0 saturated carbocycles. The fraction of sp³-hybridized carbons (Fsp3) is 0.240. The summed E-state index contributed by atoms with van der Waals surface area (Å²) in [6, 6.07) is 14.7. The Bertz CT molecular complexity index is 1500. The second-order valence-corrected chi connectivity index (χ2v) is 10.4. The minimum absolute atomic E-state index is 0.0315. The lowest BCUT2D eigenvalue weighted by atomic mass is 9.66. The third-order valence-corrected chi connectivity index (χ3v) is 8.42. The number of anilines is 1. The minimum atomic E-state index is -3.95. The number of hydrogen-bond acceptors (Lipinski definition) is 8. The van der Waals surface area contributed by atoms with Gasteiger partial charge in [0.15, 0.2) is 5.78 Å². The molecule has 10 nitrogen and oxygen atoms in total. The number of ketones is 1. The number of hydrogen-bond donors (Lipinski definition) is 2. The van der Waals surface area contributed by atoms with Gasteiger partial charge < -0.3 is 20.5 Å². The maximum absolute atomic E-state index is 13.7. The van der Waals surface area contributed by atoms with E-state index in [4.69, 9.17) is 15.2 Å². The van der Waals surface area contributed by atoms with Crippen molar-refractivity contribution in [1.82, 2.24) is 4.31 Å². The van der Waals surface area contributed by atoms with Crippen molar-refractivity contribution in [2.75, 3.05) is 31.6 Å². The number of rotatable bonds is 4. The first-order valence-corrected chi connectivity index (χ1v) is 12.6. The Morgan fingerprint density at radius 3 is 2.50 bits per heavy atom. The average Bonchev–Trinajstić information content (AvgIpc) is 3.16. The largest absolute Gasteiger partial charge is 0.439 e. The molecule has 3 aliphatic heterocycles. The number of Topliss-reactive ketones (excluding diaryl/α,β-unsaturated/α-hetero) is 1. The molecule has 11 heteroatoms. The number of sulfonamides is 1. The van der Waals surface area contributed by atoms with Crippen molar-refractivity contribution < 1.29 is 27.5 Å². The topological polar surface area (TPSA) is 152 Å². The van der Waals surface area contributed by atoms with Gasteiger partial charge in [-0.15, -0.1) is 0 Å². The average molecular weight is 507 g/mol. The van der Waals surface area contributed by atoms with Gasteiger partial charge in [-0.3, -0.25) is 9.59 Å². The third kappa shape index (κ3) is 3.34. The number of amides is 1. The Labute approximate surface area is 207 Å². The predicted octanol–water partition coefficient (Wildman–Crippen LogP) is 1.62. The first-order chi connectivity index (χ1) is 17.2. The van der Waals surface area contributed by atoms with Gasteiger partial charge in [0.2, 0.25) is 21.8 Å². The van der Waals surface area contributed by atoms with Crippen LogP contribution in [0.5, 0.6) is 0 Å². The molecule has 36 heavy (non-hydrogen) atoms. The van der Waals surface area contributed by atoms with Crippen molar-refractivity contribution in [2.45, 2.75) is 17.2 Å². The van der Waals surface area contributed by atoms with Gasteiger partial charge in [0, 0.05) is 29.9 Å². The highest BCUT2D eigenvalue weighted by Gasteiger charge is 2.59. The van der Waals surface area contributed by atoms with E-state index in [0.29, 0.717) is 5.56 Å². The second kappa shape index (κ2) is 8.60. The number of nitrogens with two attached hydrogens (primary N) is 1. The van der Waals surface area contributed by atoms with E-state index >= 15 is 0 Å². The number of fused-ring (bicyclic) bond motifs is 2. The molecule has 1 amide bonds. The quantitative estimate of drug-likeness (QED) is 0.635. The van der Waals surface area contributed by atoms with E-state index in [9.17, 15) is 23.3 Å². The lowest BCUT2D eigenvalue weighted by Gasteiger charge is -2.35. The highest BCUT2D eigenvalue weighted by atomic mass is 32.2. The van der Waals surface area contributed by atoms with E-state index in [-0.39, 0.29) is 65.2 Å². The van der Waals surface area contributed by atoms with Crippen LogP contribution in [0.3, 0.4) is 0 Å². The van der Waals surface area contributed by atoms with Crippen molar-refractivity contribution in [2.24, 2.45) is 5.73 Å². The molecule has 0 radical (unpaired) electrons. The molecule has 2 aromatic rings. The number of benzene rings is 2. The zero-order valence-electron chi connectivity index (χ0n) is 19.3. The van der Waals surface area contributed by atoms with Crippen LogP contribution in [0.4, 0.5) is 5.69 Å². The molecule has 0 aromatic heterocycles. The van der Waals surface area contributed by atoms with E-state index in [2.05, 4.69) is 5.32 Å². The van der Waals surface area contributed by atoms with Crippen LogP contribution >= 0.6 is 0 Å². The second-order valence-electron chi connectivity index (χ2n) is 8.51. The van der Waals surface area contributed by atoms with Gasteiger partial charge in [-0.1, -0.05) is 30.3 Å². The summed E-state index contributed by atoms with van der Waals surface area (Å²) < 4.78 is 39.2. The molecular weight excluding hydrogens is 484 g/mol. The summed E-state index contributed by atoms with van der Waals surface area (Å²) in [5.41, 5.74) is 4.68. The summed E-state index contributed by atoms with van der Waals surface area (Å²) in [4.78, 5) is 26.8. The summed E-state index contributed by atoms with van der Waals surface area (Å²) in [5.74, 6) is -1.53. The monoisotopic (exact) mass is 506 g/mol. The Hall–Kier alpha value is -3.98. The number of morpholine rings is 1. The maximum Gasteiger partial charge on any atom is 0.245 e. The van der Waals surface area contributed by atoms with Crippen LogP contribution in [0.1, 0.15) is 18.1 Å². The highest BCUT2D eigenvalue weighted by Crippen LogP contribution is 2.53. The SMILES string of the molecule is CC(=O)C1=C(c2ccccc2)OC(N)=C(C#N)C12C(=O)Nc1ccc(S(=O)(=O)N3CCOCC3)cc12. The van der Waals surface area contributed by atoms with E-state index in [1.165, 1.54) is 29.4 Å². The zero-order chi connectivity index (χ0) is 25.7. The van der Waals surface area contributed by atoms with Crippen LogP contribution in [-0.2, 0) is 34.5 Å². The molecule has 0 bridgehead atoms. The van der Waals surface area contributed by atoms with Crippen LogP contribution < -0.4 is 11.1 Å². The van der Waals surface area contributed by atoms with Crippen LogP contribution in [0.2, 0.25) is 0 Å². The van der Waals surface area contributed by atoms with E-state index in [1.807, 2.05) is 6.07 Å². The van der Waals surface area contributed by atoms with Gasteiger partial charge in [0.1, 0.15) is 22.8 Å². The number of carbonyl (C=O) groups excluding carboxylic acids is 2. The molecule has 1 spiro atoms. The summed E-state index contributed by atoms with van der Waals surface area (Å²) in [6.07, 6.45) is 0. The smallest absolute Gasteiger partial charge is 0.245 e.